The predicted molar refractivity (Wildman–Crippen MR) is 51.2 cm³/mol. The second kappa shape index (κ2) is 3.46. The molecule has 0 aliphatic carbocycles. The molecule has 0 amide bonds. The van der Waals surface area contributed by atoms with Crippen molar-refractivity contribution in [3.63, 3.8) is 0 Å². The van der Waals surface area contributed by atoms with Gasteiger partial charge in [0, 0.05) is 12.5 Å². The van der Waals surface area contributed by atoms with Gasteiger partial charge >= 0.3 is 0 Å². The van der Waals surface area contributed by atoms with Crippen molar-refractivity contribution in [2.24, 2.45) is 5.92 Å². The van der Waals surface area contributed by atoms with Crippen molar-refractivity contribution >= 4 is 0 Å². The summed E-state index contributed by atoms with van der Waals surface area (Å²) >= 11 is 0. The van der Waals surface area contributed by atoms with E-state index < -0.39 is 0 Å². The van der Waals surface area contributed by atoms with Crippen molar-refractivity contribution in [3.05, 3.63) is 35.6 Å². The number of nitrogens with one attached hydrogen (secondary N) is 1. The molecule has 1 aliphatic heterocycles. The Balaban J connectivity index is 2.24. The molecule has 1 aliphatic rings. The lowest BCUT2D eigenvalue weighted by Crippen LogP contribution is -2.08. The van der Waals surface area contributed by atoms with Gasteiger partial charge < -0.3 is 5.32 Å². The van der Waals surface area contributed by atoms with Crippen LogP contribution in [0.5, 0.6) is 0 Å². The number of rotatable bonds is 1. The van der Waals surface area contributed by atoms with E-state index in [9.17, 15) is 4.39 Å². The molecule has 13 heavy (non-hydrogen) atoms. The number of benzene rings is 1. The monoisotopic (exact) mass is 179 g/mol. The molecule has 1 N–H and O–H groups in total. The van der Waals surface area contributed by atoms with Crippen LogP contribution in [0.3, 0.4) is 0 Å². The van der Waals surface area contributed by atoms with Gasteiger partial charge in [-0.05, 0) is 30.2 Å². The van der Waals surface area contributed by atoms with E-state index in [1.54, 1.807) is 12.1 Å². The Morgan fingerprint density at radius 2 is 2.23 bits per heavy atom. The van der Waals surface area contributed by atoms with Crippen molar-refractivity contribution < 1.29 is 4.39 Å². The maximum atomic E-state index is 12.9. The summed E-state index contributed by atoms with van der Waals surface area (Å²) in [6.07, 6.45) is 0. The normalized spacial score (nSPS) is 27.8. The molecule has 0 saturated carbocycles. The van der Waals surface area contributed by atoms with Gasteiger partial charge in [0.2, 0.25) is 0 Å². The molecule has 2 rings (SSSR count). The average molecular weight is 179 g/mol. The Morgan fingerprint density at radius 1 is 1.38 bits per heavy atom. The highest BCUT2D eigenvalue weighted by Crippen LogP contribution is 2.27. The Morgan fingerprint density at radius 3 is 2.85 bits per heavy atom. The first-order chi connectivity index (χ1) is 6.27. The van der Waals surface area contributed by atoms with Crippen molar-refractivity contribution in [1.29, 1.82) is 0 Å². The summed E-state index contributed by atoms with van der Waals surface area (Å²) in [5, 5.41) is 3.32. The van der Waals surface area contributed by atoms with E-state index in [4.69, 9.17) is 0 Å². The molecular formula is C11H14FN. The van der Waals surface area contributed by atoms with Crippen LogP contribution in [0.25, 0.3) is 0 Å². The summed E-state index contributed by atoms with van der Waals surface area (Å²) in [6, 6.07) is 6.94. The quantitative estimate of drug-likeness (QED) is 0.696. The van der Waals surface area contributed by atoms with Crippen LogP contribution in [0.15, 0.2) is 24.3 Å². The van der Waals surface area contributed by atoms with Crippen LogP contribution >= 0.6 is 0 Å². The standard InChI is InChI=1S/C11H14FN/c1-8-6-13-7-11(8)9-3-2-4-10(12)5-9/h2-5,8,11,13H,6-7H2,1H3/t8-,11+/m1/s1. The molecule has 1 saturated heterocycles. The number of hydrogen-bond donors (Lipinski definition) is 1. The molecule has 1 nitrogen and oxygen atoms in total. The second-order valence-corrected chi connectivity index (χ2v) is 3.80. The number of hydrogen-bond acceptors (Lipinski definition) is 1. The largest absolute Gasteiger partial charge is 0.316 e. The molecule has 0 spiro atoms. The van der Waals surface area contributed by atoms with E-state index >= 15 is 0 Å². The predicted octanol–water partition coefficient (Wildman–Crippen LogP) is 2.15. The zero-order valence-electron chi connectivity index (χ0n) is 7.76. The molecule has 1 heterocycles. The van der Waals surface area contributed by atoms with Crippen LogP contribution in [0.2, 0.25) is 0 Å². The highest BCUT2D eigenvalue weighted by molar-refractivity contribution is 5.22. The molecule has 1 fully saturated rings. The van der Waals surface area contributed by atoms with Gasteiger partial charge in [-0.3, -0.25) is 0 Å². The smallest absolute Gasteiger partial charge is 0.123 e. The molecule has 0 aromatic heterocycles. The van der Waals surface area contributed by atoms with Crippen LogP contribution < -0.4 is 5.32 Å². The lowest BCUT2D eigenvalue weighted by atomic mass is 9.90. The second-order valence-electron chi connectivity index (χ2n) is 3.80. The lowest BCUT2D eigenvalue weighted by molar-refractivity contribution is 0.564. The Bertz CT molecular complexity index is 298. The summed E-state index contributed by atoms with van der Waals surface area (Å²) in [5.74, 6) is 0.967. The third-order valence-corrected chi connectivity index (χ3v) is 2.79. The summed E-state index contributed by atoms with van der Waals surface area (Å²) in [5.41, 5.74) is 1.12. The first-order valence-corrected chi connectivity index (χ1v) is 4.73. The van der Waals surface area contributed by atoms with Gasteiger partial charge in [-0.1, -0.05) is 19.1 Å². The van der Waals surface area contributed by atoms with Gasteiger partial charge in [0.15, 0.2) is 0 Å². The van der Waals surface area contributed by atoms with Crippen LogP contribution in [-0.4, -0.2) is 13.1 Å². The molecule has 2 heteroatoms. The van der Waals surface area contributed by atoms with E-state index in [0.29, 0.717) is 11.8 Å². The van der Waals surface area contributed by atoms with Gasteiger partial charge in [0.25, 0.3) is 0 Å². The van der Waals surface area contributed by atoms with Gasteiger partial charge in [0.05, 0.1) is 0 Å². The van der Waals surface area contributed by atoms with Gasteiger partial charge in [-0.2, -0.15) is 0 Å². The molecule has 0 unspecified atom stereocenters. The summed E-state index contributed by atoms with van der Waals surface area (Å²) in [6.45, 7) is 4.22. The summed E-state index contributed by atoms with van der Waals surface area (Å²) in [4.78, 5) is 0. The molecule has 0 bridgehead atoms. The third kappa shape index (κ3) is 1.73. The lowest BCUT2D eigenvalue weighted by Gasteiger charge is -2.14. The minimum absolute atomic E-state index is 0.128. The van der Waals surface area contributed by atoms with Crippen molar-refractivity contribution in [3.8, 4) is 0 Å². The van der Waals surface area contributed by atoms with E-state index in [2.05, 4.69) is 12.2 Å². The Hall–Kier alpha value is -0.890. The molecule has 70 valence electrons. The van der Waals surface area contributed by atoms with Crippen LogP contribution in [0, 0.1) is 11.7 Å². The maximum absolute atomic E-state index is 12.9. The average Bonchev–Trinajstić information content (AvgIpc) is 2.51. The zero-order valence-corrected chi connectivity index (χ0v) is 7.76. The fourth-order valence-electron chi connectivity index (χ4n) is 1.99. The zero-order chi connectivity index (χ0) is 9.26. The minimum atomic E-state index is -0.128. The van der Waals surface area contributed by atoms with Crippen molar-refractivity contribution in [2.75, 3.05) is 13.1 Å². The first kappa shape index (κ1) is 8.70. The van der Waals surface area contributed by atoms with Crippen LogP contribution in [-0.2, 0) is 0 Å². The third-order valence-electron chi connectivity index (χ3n) is 2.79. The van der Waals surface area contributed by atoms with E-state index in [1.165, 1.54) is 6.07 Å². The van der Waals surface area contributed by atoms with Crippen LogP contribution in [0.4, 0.5) is 4.39 Å². The fourth-order valence-corrected chi connectivity index (χ4v) is 1.99. The van der Waals surface area contributed by atoms with Gasteiger partial charge in [-0.25, -0.2) is 4.39 Å². The molecule has 0 radical (unpaired) electrons. The van der Waals surface area contributed by atoms with Crippen LogP contribution in [0.1, 0.15) is 18.4 Å². The Labute approximate surface area is 78.0 Å². The SMILES string of the molecule is C[C@@H]1CNC[C@@H]1c1cccc(F)c1. The molecular weight excluding hydrogens is 165 g/mol. The van der Waals surface area contributed by atoms with E-state index in [1.807, 2.05) is 6.07 Å². The van der Waals surface area contributed by atoms with E-state index in [-0.39, 0.29) is 5.82 Å². The topological polar surface area (TPSA) is 12.0 Å². The highest BCUT2D eigenvalue weighted by Gasteiger charge is 2.24. The highest BCUT2D eigenvalue weighted by atomic mass is 19.1. The minimum Gasteiger partial charge on any atom is -0.316 e. The van der Waals surface area contributed by atoms with Gasteiger partial charge in [0.1, 0.15) is 5.82 Å². The van der Waals surface area contributed by atoms with Crippen molar-refractivity contribution in [1.82, 2.24) is 5.32 Å². The van der Waals surface area contributed by atoms with Crippen molar-refractivity contribution in [2.45, 2.75) is 12.8 Å². The summed E-state index contributed by atoms with van der Waals surface area (Å²) < 4.78 is 12.9. The molecule has 2 atom stereocenters. The maximum Gasteiger partial charge on any atom is 0.123 e. The summed E-state index contributed by atoms with van der Waals surface area (Å²) in [7, 11) is 0. The number of halogens is 1. The van der Waals surface area contributed by atoms with E-state index in [0.717, 1.165) is 18.7 Å². The molecule has 1 aromatic carbocycles. The first-order valence-electron chi connectivity index (χ1n) is 4.73. The van der Waals surface area contributed by atoms with Gasteiger partial charge in [-0.15, -0.1) is 0 Å². The Kier molecular flexibility index (Phi) is 2.32. The molecule has 1 aromatic rings. The fraction of sp³-hybridized carbons (Fsp3) is 0.455.